The number of ether oxygens (including phenoxy) is 1. The fraction of sp³-hybridized carbons (Fsp3) is 0.500. The molecule has 1 aliphatic carbocycles. The maximum absolute atomic E-state index is 13.3. The summed E-state index contributed by atoms with van der Waals surface area (Å²) in [4.78, 5) is 12.8. The Morgan fingerprint density at radius 2 is 1.83 bits per heavy atom. The molecule has 1 N–H and O–H groups in total. The van der Waals surface area contributed by atoms with Gasteiger partial charge in [-0.25, -0.2) is 8.42 Å². The van der Waals surface area contributed by atoms with E-state index in [4.69, 9.17) is 9.15 Å². The van der Waals surface area contributed by atoms with Crippen LogP contribution in [-0.2, 0) is 21.4 Å². The van der Waals surface area contributed by atoms with Crippen LogP contribution < -0.4 is 10.1 Å². The highest BCUT2D eigenvalue weighted by atomic mass is 32.2. The molecule has 8 heteroatoms. The molecule has 0 atom stereocenters. The van der Waals surface area contributed by atoms with Gasteiger partial charge in [-0.05, 0) is 56.2 Å². The van der Waals surface area contributed by atoms with E-state index < -0.39 is 10.0 Å². The SMILES string of the molecule is CCOc1ccc(S(=O)(=O)N(CC(=O)NC2CCCCCC2)Cc2ccco2)cc1. The first-order valence-electron chi connectivity index (χ1n) is 10.5. The number of nitrogens with zero attached hydrogens (tertiary/aromatic N) is 1. The Labute approximate surface area is 178 Å². The number of amides is 1. The lowest BCUT2D eigenvalue weighted by atomic mass is 10.1. The molecule has 0 radical (unpaired) electrons. The summed E-state index contributed by atoms with van der Waals surface area (Å²) < 4.78 is 38.4. The van der Waals surface area contributed by atoms with Crippen LogP contribution >= 0.6 is 0 Å². The number of hydrogen-bond donors (Lipinski definition) is 1. The average Bonchev–Trinajstić information content (AvgIpc) is 3.11. The first-order chi connectivity index (χ1) is 14.5. The molecule has 0 spiro atoms. The van der Waals surface area contributed by atoms with Gasteiger partial charge in [-0.1, -0.05) is 25.7 Å². The van der Waals surface area contributed by atoms with Crippen molar-refractivity contribution in [2.45, 2.75) is 62.9 Å². The molecule has 1 aromatic heterocycles. The molecule has 1 aliphatic rings. The van der Waals surface area contributed by atoms with Gasteiger partial charge in [-0.3, -0.25) is 4.79 Å². The molecule has 1 aromatic carbocycles. The zero-order valence-electron chi connectivity index (χ0n) is 17.4. The highest BCUT2D eigenvalue weighted by molar-refractivity contribution is 7.89. The first-order valence-corrected chi connectivity index (χ1v) is 12.0. The third-order valence-electron chi connectivity index (χ3n) is 5.23. The first kappa shape index (κ1) is 22.4. The van der Waals surface area contributed by atoms with Crippen molar-refractivity contribution in [1.82, 2.24) is 9.62 Å². The summed E-state index contributed by atoms with van der Waals surface area (Å²) in [6.07, 6.45) is 7.91. The van der Waals surface area contributed by atoms with E-state index in [-0.39, 0.29) is 29.9 Å². The number of carbonyl (C=O) groups is 1. The number of rotatable bonds is 9. The Balaban J connectivity index is 1.76. The molecule has 1 fully saturated rings. The smallest absolute Gasteiger partial charge is 0.243 e. The number of nitrogens with one attached hydrogen (secondary N) is 1. The van der Waals surface area contributed by atoms with E-state index in [1.54, 1.807) is 24.3 Å². The second-order valence-corrected chi connectivity index (χ2v) is 9.45. The molecule has 30 heavy (non-hydrogen) atoms. The predicted molar refractivity (Wildman–Crippen MR) is 114 cm³/mol. The lowest BCUT2D eigenvalue weighted by Crippen LogP contribution is -2.43. The molecule has 7 nitrogen and oxygen atoms in total. The van der Waals surface area contributed by atoms with Crippen molar-refractivity contribution < 1.29 is 22.4 Å². The van der Waals surface area contributed by atoms with Gasteiger partial charge in [0, 0.05) is 6.04 Å². The van der Waals surface area contributed by atoms with Gasteiger partial charge in [0.15, 0.2) is 0 Å². The lowest BCUT2D eigenvalue weighted by molar-refractivity contribution is -0.122. The highest BCUT2D eigenvalue weighted by Gasteiger charge is 2.28. The zero-order chi connectivity index (χ0) is 21.4. The highest BCUT2D eigenvalue weighted by Crippen LogP contribution is 2.22. The van der Waals surface area contributed by atoms with Gasteiger partial charge in [-0.2, -0.15) is 4.31 Å². The van der Waals surface area contributed by atoms with Crippen molar-refractivity contribution >= 4 is 15.9 Å². The van der Waals surface area contributed by atoms with Crippen molar-refractivity contribution in [2.24, 2.45) is 0 Å². The minimum Gasteiger partial charge on any atom is -0.494 e. The maximum Gasteiger partial charge on any atom is 0.243 e. The normalized spacial score (nSPS) is 15.7. The summed E-state index contributed by atoms with van der Waals surface area (Å²) in [5.74, 6) is 0.787. The molecule has 2 aromatic rings. The summed E-state index contributed by atoms with van der Waals surface area (Å²) >= 11 is 0. The number of sulfonamides is 1. The summed E-state index contributed by atoms with van der Waals surface area (Å²) in [5, 5.41) is 3.02. The number of furan rings is 1. The minimum atomic E-state index is -3.89. The summed E-state index contributed by atoms with van der Waals surface area (Å²) in [6.45, 7) is 2.09. The van der Waals surface area contributed by atoms with Crippen LogP contribution in [-0.4, -0.2) is 37.8 Å². The largest absolute Gasteiger partial charge is 0.494 e. The zero-order valence-corrected chi connectivity index (χ0v) is 18.2. The third kappa shape index (κ3) is 6.09. The van der Waals surface area contributed by atoms with Gasteiger partial charge in [-0.15, -0.1) is 0 Å². The molecule has 1 amide bonds. The summed E-state index contributed by atoms with van der Waals surface area (Å²) in [7, 11) is -3.89. The summed E-state index contributed by atoms with van der Waals surface area (Å²) in [6, 6.07) is 9.74. The van der Waals surface area contributed by atoms with E-state index >= 15 is 0 Å². The van der Waals surface area contributed by atoms with E-state index in [0.717, 1.165) is 30.0 Å². The van der Waals surface area contributed by atoms with E-state index in [1.807, 2.05) is 6.92 Å². The number of carbonyl (C=O) groups excluding carboxylic acids is 1. The van der Waals surface area contributed by atoms with Crippen LogP contribution in [0.5, 0.6) is 5.75 Å². The van der Waals surface area contributed by atoms with E-state index in [9.17, 15) is 13.2 Å². The van der Waals surface area contributed by atoms with E-state index in [1.165, 1.54) is 31.2 Å². The fourth-order valence-electron chi connectivity index (χ4n) is 3.68. The van der Waals surface area contributed by atoms with Gasteiger partial charge in [0.25, 0.3) is 0 Å². The van der Waals surface area contributed by atoms with Crippen LogP contribution in [0.3, 0.4) is 0 Å². The molecule has 0 aliphatic heterocycles. The quantitative estimate of drug-likeness (QED) is 0.608. The monoisotopic (exact) mass is 434 g/mol. The topological polar surface area (TPSA) is 88.9 Å². The van der Waals surface area contributed by atoms with Crippen LogP contribution in [0.4, 0.5) is 0 Å². The standard InChI is InChI=1S/C22H30N2O5S/c1-2-28-19-11-13-21(14-12-19)30(26,27)24(16-20-10-7-15-29-20)17-22(25)23-18-8-5-3-4-6-9-18/h7,10-15,18H,2-6,8-9,16-17H2,1H3,(H,23,25). The van der Waals surface area contributed by atoms with Crippen molar-refractivity contribution in [3.63, 3.8) is 0 Å². The second kappa shape index (κ2) is 10.6. The second-order valence-electron chi connectivity index (χ2n) is 7.51. The number of benzene rings is 1. The van der Waals surface area contributed by atoms with Crippen molar-refractivity contribution in [3.8, 4) is 5.75 Å². The van der Waals surface area contributed by atoms with Gasteiger partial charge in [0.2, 0.25) is 15.9 Å². The molecule has 1 heterocycles. The number of hydrogen-bond acceptors (Lipinski definition) is 5. The van der Waals surface area contributed by atoms with E-state index in [2.05, 4.69) is 5.32 Å². The minimum absolute atomic E-state index is 0.0133. The third-order valence-corrected chi connectivity index (χ3v) is 7.03. The van der Waals surface area contributed by atoms with Gasteiger partial charge in [0.05, 0.1) is 30.9 Å². The molecular weight excluding hydrogens is 404 g/mol. The van der Waals surface area contributed by atoms with E-state index in [0.29, 0.717) is 18.1 Å². The molecule has 0 saturated heterocycles. The van der Waals surface area contributed by atoms with Crippen LogP contribution in [0.25, 0.3) is 0 Å². The van der Waals surface area contributed by atoms with Crippen LogP contribution in [0.1, 0.15) is 51.2 Å². The van der Waals surface area contributed by atoms with Crippen LogP contribution in [0.15, 0.2) is 52.0 Å². The predicted octanol–water partition coefficient (Wildman–Crippen LogP) is 3.71. The Morgan fingerprint density at radius 1 is 1.13 bits per heavy atom. The lowest BCUT2D eigenvalue weighted by Gasteiger charge is -2.23. The Hall–Kier alpha value is -2.32. The maximum atomic E-state index is 13.3. The molecule has 0 bridgehead atoms. The summed E-state index contributed by atoms with van der Waals surface area (Å²) in [5.41, 5.74) is 0. The van der Waals surface area contributed by atoms with Crippen molar-refractivity contribution in [3.05, 3.63) is 48.4 Å². The molecule has 3 rings (SSSR count). The van der Waals surface area contributed by atoms with Gasteiger partial charge < -0.3 is 14.5 Å². The molecule has 164 valence electrons. The van der Waals surface area contributed by atoms with Crippen LogP contribution in [0.2, 0.25) is 0 Å². The Kier molecular flexibility index (Phi) is 7.93. The van der Waals surface area contributed by atoms with Gasteiger partial charge >= 0.3 is 0 Å². The Morgan fingerprint density at radius 3 is 2.43 bits per heavy atom. The molecule has 1 saturated carbocycles. The van der Waals surface area contributed by atoms with Crippen molar-refractivity contribution in [2.75, 3.05) is 13.2 Å². The van der Waals surface area contributed by atoms with Gasteiger partial charge in [0.1, 0.15) is 11.5 Å². The fourth-order valence-corrected chi connectivity index (χ4v) is 5.05. The Bertz CT molecular complexity index is 886. The van der Waals surface area contributed by atoms with Crippen molar-refractivity contribution in [1.29, 1.82) is 0 Å². The molecular formula is C22H30N2O5S. The van der Waals surface area contributed by atoms with Crippen LogP contribution in [0, 0.1) is 0 Å². The average molecular weight is 435 g/mol. The molecule has 0 unspecified atom stereocenters.